The third-order valence-electron chi connectivity index (χ3n) is 3.18. The fourth-order valence-electron chi connectivity index (χ4n) is 2.11. The fraction of sp³-hybridized carbons (Fsp3) is 0.500. The van der Waals surface area contributed by atoms with Crippen molar-refractivity contribution in [2.24, 2.45) is 0 Å². The number of hydrogen-bond acceptors (Lipinski definition) is 4. The van der Waals surface area contributed by atoms with E-state index in [1.54, 1.807) is 24.3 Å². The molecule has 0 aliphatic carbocycles. The van der Waals surface area contributed by atoms with E-state index in [9.17, 15) is 8.42 Å². The second kappa shape index (κ2) is 6.32. The molecule has 1 aromatic carbocycles. The van der Waals surface area contributed by atoms with Crippen LogP contribution in [0.25, 0.3) is 0 Å². The van der Waals surface area contributed by atoms with Crippen molar-refractivity contribution in [1.29, 1.82) is 0 Å². The van der Waals surface area contributed by atoms with Crippen LogP contribution in [0.1, 0.15) is 0 Å². The van der Waals surface area contributed by atoms with E-state index >= 15 is 0 Å². The molecular weight excluding hydrogens is 332 g/mol. The van der Waals surface area contributed by atoms with Gasteiger partial charge in [0, 0.05) is 37.2 Å². The van der Waals surface area contributed by atoms with Crippen molar-refractivity contribution in [3.63, 3.8) is 0 Å². The lowest BCUT2D eigenvalue weighted by Gasteiger charge is -2.33. The smallest absolute Gasteiger partial charge is 0.243 e. The topological polar surface area (TPSA) is 60.9 Å². The minimum absolute atomic E-state index is 0.110. The molecule has 0 bridgehead atoms. The Balaban J connectivity index is 2.10. The van der Waals surface area contributed by atoms with Crippen LogP contribution in [-0.4, -0.2) is 62.1 Å². The zero-order chi connectivity index (χ0) is 13.9. The van der Waals surface area contributed by atoms with Gasteiger partial charge in [0.15, 0.2) is 0 Å². The van der Waals surface area contributed by atoms with Crippen LogP contribution in [0.2, 0.25) is 0 Å². The van der Waals surface area contributed by atoms with Gasteiger partial charge in [0.25, 0.3) is 0 Å². The summed E-state index contributed by atoms with van der Waals surface area (Å²) in [7, 11) is -3.41. The average Bonchev–Trinajstić information content (AvgIpc) is 2.40. The Morgan fingerprint density at radius 1 is 1.21 bits per heavy atom. The monoisotopic (exact) mass is 348 g/mol. The number of hydrogen-bond donors (Lipinski definition) is 1. The first-order valence-electron chi connectivity index (χ1n) is 6.13. The molecule has 1 heterocycles. The van der Waals surface area contributed by atoms with Gasteiger partial charge in [-0.05, 0) is 18.2 Å². The maximum Gasteiger partial charge on any atom is 0.243 e. The molecule has 1 saturated heterocycles. The van der Waals surface area contributed by atoms with Crippen LogP contribution < -0.4 is 0 Å². The summed E-state index contributed by atoms with van der Waals surface area (Å²) in [4.78, 5) is 2.38. The van der Waals surface area contributed by atoms with Crippen LogP contribution in [0.15, 0.2) is 33.6 Å². The molecule has 7 heteroatoms. The van der Waals surface area contributed by atoms with Crippen LogP contribution in [-0.2, 0) is 10.0 Å². The van der Waals surface area contributed by atoms with E-state index in [1.165, 1.54) is 4.31 Å². The highest BCUT2D eigenvalue weighted by Crippen LogP contribution is 2.21. The number of aliphatic hydroxyl groups is 1. The predicted octanol–water partition coefficient (Wildman–Crippen LogP) is 0.748. The quantitative estimate of drug-likeness (QED) is 0.872. The van der Waals surface area contributed by atoms with Crippen molar-refractivity contribution in [3.8, 4) is 0 Å². The van der Waals surface area contributed by atoms with Gasteiger partial charge in [-0.3, -0.25) is 4.90 Å². The summed E-state index contributed by atoms with van der Waals surface area (Å²) in [5.74, 6) is 0. The standard InChI is InChI=1S/C12H17BrN2O3S/c13-11-2-1-3-12(10-11)19(17,18)15-6-4-14(5-7-15)8-9-16/h1-3,10,16H,4-9H2. The molecule has 1 aliphatic heterocycles. The first kappa shape index (κ1) is 14.9. The highest BCUT2D eigenvalue weighted by atomic mass is 79.9. The summed E-state index contributed by atoms with van der Waals surface area (Å²) in [6.45, 7) is 2.97. The number of sulfonamides is 1. The van der Waals surface area contributed by atoms with Gasteiger partial charge in [-0.25, -0.2) is 8.42 Å². The Kier molecular flexibility index (Phi) is 4.97. The Bertz CT molecular complexity index is 528. The van der Waals surface area contributed by atoms with Crippen LogP contribution in [0.3, 0.4) is 0 Å². The molecule has 0 unspecified atom stereocenters. The number of benzene rings is 1. The van der Waals surface area contributed by atoms with Gasteiger partial charge in [-0.1, -0.05) is 22.0 Å². The molecule has 1 aromatic rings. The minimum atomic E-state index is -3.41. The highest BCUT2D eigenvalue weighted by Gasteiger charge is 2.28. The summed E-state index contributed by atoms with van der Waals surface area (Å²) in [5.41, 5.74) is 0. The molecule has 1 aliphatic rings. The molecule has 0 amide bonds. The molecule has 0 spiro atoms. The Morgan fingerprint density at radius 3 is 2.47 bits per heavy atom. The number of halogens is 1. The molecule has 5 nitrogen and oxygen atoms in total. The van der Waals surface area contributed by atoms with Gasteiger partial charge in [-0.2, -0.15) is 4.31 Å². The van der Waals surface area contributed by atoms with Gasteiger partial charge in [0.2, 0.25) is 10.0 Å². The summed E-state index contributed by atoms with van der Waals surface area (Å²) >= 11 is 3.29. The summed E-state index contributed by atoms with van der Waals surface area (Å²) < 4.78 is 27.1. The molecule has 106 valence electrons. The largest absolute Gasteiger partial charge is 0.395 e. The first-order valence-corrected chi connectivity index (χ1v) is 8.36. The molecular formula is C12H17BrN2O3S. The van der Waals surface area contributed by atoms with E-state index < -0.39 is 10.0 Å². The molecule has 19 heavy (non-hydrogen) atoms. The van der Waals surface area contributed by atoms with Crippen molar-refractivity contribution in [1.82, 2.24) is 9.21 Å². The van der Waals surface area contributed by atoms with Crippen molar-refractivity contribution in [2.75, 3.05) is 39.3 Å². The highest BCUT2D eigenvalue weighted by molar-refractivity contribution is 9.10. The van der Waals surface area contributed by atoms with Gasteiger partial charge < -0.3 is 5.11 Å². The number of nitrogens with zero attached hydrogens (tertiary/aromatic N) is 2. The lowest BCUT2D eigenvalue weighted by Crippen LogP contribution is -2.49. The van der Waals surface area contributed by atoms with E-state index in [1.807, 2.05) is 0 Å². The number of β-amino-alcohol motifs (C(OH)–C–C–N with tert-alkyl or cyclic N) is 1. The number of rotatable bonds is 4. The molecule has 0 radical (unpaired) electrons. The maximum atomic E-state index is 12.4. The summed E-state index contributed by atoms with van der Waals surface area (Å²) in [6.07, 6.45) is 0. The SMILES string of the molecule is O=S(=O)(c1cccc(Br)c1)N1CCN(CCO)CC1. The Morgan fingerprint density at radius 2 is 1.89 bits per heavy atom. The number of piperazine rings is 1. The van der Waals surface area contributed by atoms with E-state index in [4.69, 9.17) is 5.11 Å². The maximum absolute atomic E-state index is 12.4. The first-order chi connectivity index (χ1) is 9.04. The van der Waals surface area contributed by atoms with Crippen LogP contribution in [0, 0.1) is 0 Å². The minimum Gasteiger partial charge on any atom is -0.395 e. The van der Waals surface area contributed by atoms with Crippen LogP contribution in [0.5, 0.6) is 0 Å². The third kappa shape index (κ3) is 3.55. The van der Waals surface area contributed by atoms with Crippen molar-refractivity contribution in [2.45, 2.75) is 4.90 Å². The predicted molar refractivity (Wildman–Crippen MR) is 76.4 cm³/mol. The average molecular weight is 349 g/mol. The van der Waals surface area contributed by atoms with Crippen molar-refractivity contribution >= 4 is 26.0 Å². The molecule has 1 fully saturated rings. The molecule has 1 N–H and O–H groups in total. The summed E-state index contributed by atoms with van der Waals surface area (Å²) in [5, 5.41) is 8.87. The lowest BCUT2D eigenvalue weighted by atomic mass is 10.4. The van der Waals surface area contributed by atoms with Crippen molar-refractivity contribution in [3.05, 3.63) is 28.7 Å². The van der Waals surface area contributed by atoms with Crippen molar-refractivity contribution < 1.29 is 13.5 Å². The van der Waals surface area contributed by atoms with Gasteiger partial charge >= 0.3 is 0 Å². The second-order valence-corrected chi connectivity index (χ2v) is 7.28. The normalized spacial score (nSPS) is 18.6. The van der Waals surface area contributed by atoms with Gasteiger partial charge in [0.1, 0.15) is 0 Å². The third-order valence-corrected chi connectivity index (χ3v) is 5.57. The zero-order valence-corrected chi connectivity index (χ0v) is 12.9. The van der Waals surface area contributed by atoms with Gasteiger partial charge in [-0.15, -0.1) is 0 Å². The second-order valence-electron chi connectivity index (χ2n) is 4.43. The van der Waals surface area contributed by atoms with Gasteiger partial charge in [0.05, 0.1) is 11.5 Å². The molecule has 2 rings (SSSR count). The fourth-order valence-corrected chi connectivity index (χ4v) is 4.13. The van der Waals surface area contributed by atoms with E-state index in [2.05, 4.69) is 20.8 Å². The summed E-state index contributed by atoms with van der Waals surface area (Å²) in [6, 6.07) is 6.76. The molecule has 0 atom stereocenters. The molecule has 0 saturated carbocycles. The Labute approximate surface area is 122 Å². The van der Waals surface area contributed by atoms with E-state index in [0.717, 1.165) is 4.47 Å². The number of aliphatic hydroxyl groups excluding tert-OH is 1. The van der Waals surface area contributed by atoms with E-state index in [-0.39, 0.29) is 6.61 Å². The van der Waals surface area contributed by atoms with E-state index in [0.29, 0.717) is 37.6 Å². The molecule has 0 aromatic heterocycles. The van der Waals surface area contributed by atoms with Crippen LogP contribution in [0.4, 0.5) is 0 Å². The van der Waals surface area contributed by atoms with Crippen LogP contribution >= 0.6 is 15.9 Å². The Hall–Kier alpha value is -0.470. The lowest BCUT2D eigenvalue weighted by molar-refractivity contribution is 0.151. The zero-order valence-electron chi connectivity index (χ0n) is 10.5.